The maximum Gasteiger partial charge on any atom is -0.0351 e. The van der Waals surface area contributed by atoms with Crippen molar-refractivity contribution in [2.45, 2.75) is 83.5 Å². The van der Waals surface area contributed by atoms with Gasteiger partial charge in [0.15, 0.2) is 0 Å². The third-order valence-electron chi connectivity index (χ3n) is 3.57. The molecule has 0 heterocycles. The van der Waals surface area contributed by atoms with Crippen LogP contribution in [0, 0.1) is 0 Å². The van der Waals surface area contributed by atoms with Crippen molar-refractivity contribution in [2.75, 3.05) is 0 Å². The summed E-state index contributed by atoms with van der Waals surface area (Å²) in [5, 5.41) is 0. The van der Waals surface area contributed by atoms with Gasteiger partial charge in [-0.3, -0.25) is 0 Å². The number of rotatable bonds is 0. The lowest BCUT2D eigenvalue weighted by atomic mass is 10.1. The highest BCUT2D eigenvalue weighted by atomic mass is 14.0. The Kier molecular flexibility index (Phi) is 10.2. The van der Waals surface area contributed by atoms with Gasteiger partial charge in [0.05, 0.1) is 0 Å². The van der Waals surface area contributed by atoms with Crippen molar-refractivity contribution >= 4 is 0 Å². The van der Waals surface area contributed by atoms with E-state index in [9.17, 15) is 0 Å². The minimum atomic E-state index is 1.30. The van der Waals surface area contributed by atoms with E-state index in [0.29, 0.717) is 0 Å². The maximum absolute atomic E-state index is 2.40. The lowest BCUT2D eigenvalue weighted by Gasteiger charge is -1.98. The van der Waals surface area contributed by atoms with Gasteiger partial charge >= 0.3 is 0 Å². The second-order valence-corrected chi connectivity index (χ2v) is 5.28. The van der Waals surface area contributed by atoms with E-state index in [1.54, 1.807) is 0 Å². The molecule has 0 heteroatoms. The molecule has 0 atom stereocenters. The van der Waals surface area contributed by atoms with Crippen molar-refractivity contribution in [3.8, 4) is 0 Å². The quantitative estimate of drug-likeness (QED) is 0.439. The van der Waals surface area contributed by atoms with Gasteiger partial charge in [0.1, 0.15) is 0 Å². The Morgan fingerprint density at radius 3 is 0.824 bits per heavy atom. The molecular weight excluding hydrogens is 204 g/mol. The molecule has 17 heavy (non-hydrogen) atoms. The van der Waals surface area contributed by atoms with E-state index < -0.39 is 0 Å². The van der Waals surface area contributed by atoms with Crippen molar-refractivity contribution in [1.29, 1.82) is 0 Å². The van der Waals surface area contributed by atoms with Crippen LogP contribution in [0.4, 0.5) is 0 Å². The molecule has 1 rings (SSSR count). The van der Waals surface area contributed by atoms with Gasteiger partial charge in [-0.2, -0.15) is 0 Å². The molecule has 0 spiro atoms. The molecule has 0 aromatic heterocycles. The van der Waals surface area contributed by atoms with E-state index >= 15 is 0 Å². The Morgan fingerprint density at radius 1 is 0.294 bits per heavy atom. The van der Waals surface area contributed by atoms with Gasteiger partial charge in [-0.05, 0) is 51.4 Å². The van der Waals surface area contributed by atoms with Gasteiger partial charge < -0.3 is 0 Å². The minimum Gasteiger partial charge on any atom is -0.0885 e. The van der Waals surface area contributed by atoms with Crippen LogP contribution in [-0.2, 0) is 0 Å². The van der Waals surface area contributed by atoms with Gasteiger partial charge in [0, 0.05) is 0 Å². The minimum absolute atomic E-state index is 1.30. The largest absolute Gasteiger partial charge is 0.0885 e. The van der Waals surface area contributed by atoms with Crippen molar-refractivity contribution in [3.05, 3.63) is 24.3 Å². The molecular formula is C17H30. The second kappa shape index (κ2) is 12.0. The zero-order valence-electron chi connectivity index (χ0n) is 11.5. The van der Waals surface area contributed by atoms with E-state index in [4.69, 9.17) is 0 Å². The Bertz CT molecular complexity index is 178. The Morgan fingerprint density at radius 2 is 0.529 bits per heavy atom. The molecule has 0 bridgehead atoms. The topological polar surface area (TPSA) is 0 Å². The molecule has 0 aromatic rings. The smallest absolute Gasteiger partial charge is 0.0351 e. The molecule has 1 aliphatic carbocycles. The highest BCUT2D eigenvalue weighted by Crippen LogP contribution is 2.11. The van der Waals surface area contributed by atoms with Gasteiger partial charge in [-0.25, -0.2) is 0 Å². The standard InChI is InChI=1S/C17H30/c1-2-4-6-8-10-12-14-16-17-15-13-11-9-7-5-3-1/h1-2,15,17H,3-14,16H2/b2-1+,17-15?. The van der Waals surface area contributed by atoms with Crippen molar-refractivity contribution in [1.82, 2.24) is 0 Å². The SMILES string of the molecule is C1=CCCCCCCC/C=C/CCCCCC1. The van der Waals surface area contributed by atoms with E-state index in [1.165, 1.54) is 83.5 Å². The predicted octanol–water partition coefficient (Wildman–Crippen LogP) is 6.18. The van der Waals surface area contributed by atoms with Crippen LogP contribution < -0.4 is 0 Å². The average Bonchev–Trinajstić information content (AvgIpc) is 2.35. The van der Waals surface area contributed by atoms with E-state index in [-0.39, 0.29) is 0 Å². The summed E-state index contributed by atoms with van der Waals surface area (Å²) in [6.45, 7) is 0. The average molecular weight is 234 g/mol. The summed E-state index contributed by atoms with van der Waals surface area (Å²) in [6, 6.07) is 0. The third-order valence-corrected chi connectivity index (χ3v) is 3.57. The van der Waals surface area contributed by atoms with Gasteiger partial charge in [-0.15, -0.1) is 0 Å². The molecule has 0 aromatic carbocycles. The number of hydrogen-bond acceptors (Lipinski definition) is 0. The summed E-state index contributed by atoms with van der Waals surface area (Å²) < 4.78 is 0. The Labute approximate surface area is 108 Å². The maximum atomic E-state index is 2.40. The highest BCUT2D eigenvalue weighted by molar-refractivity contribution is 4.83. The summed E-state index contributed by atoms with van der Waals surface area (Å²) in [5.74, 6) is 0. The molecule has 0 nitrogen and oxygen atoms in total. The first-order valence-corrected chi connectivity index (χ1v) is 7.80. The Hall–Kier alpha value is -0.520. The summed E-state index contributed by atoms with van der Waals surface area (Å²) in [6.07, 6.45) is 27.5. The van der Waals surface area contributed by atoms with Crippen molar-refractivity contribution in [3.63, 3.8) is 0 Å². The van der Waals surface area contributed by atoms with Crippen LogP contribution >= 0.6 is 0 Å². The monoisotopic (exact) mass is 234 g/mol. The van der Waals surface area contributed by atoms with Crippen LogP contribution in [0.15, 0.2) is 24.3 Å². The molecule has 0 unspecified atom stereocenters. The molecule has 0 saturated carbocycles. The fourth-order valence-electron chi connectivity index (χ4n) is 2.40. The van der Waals surface area contributed by atoms with E-state index in [0.717, 1.165) is 0 Å². The molecule has 0 radical (unpaired) electrons. The molecule has 0 saturated heterocycles. The summed E-state index contributed by atoms with van der Waals surface area (Å²) >= 11 is 0. The first-order chi connectivity index (χ1) is 8.50. The molecule has 0 fully saturated rings. The first-order valence-electron chi connectivity index (χ1n) is 7.80. The lowest BCUT2D eigenvalue weighted by Crippen LogP contribution is -1.78. The predicted molar refractivity (Wildman–Crippen MR) is 78.3 cm³/mol. The third kappa shape index (κ3) is 10.4. The Balaban J connectivity index is 2.13. The zero-order chi connectivity index (χ0) is 12.0. The number of hydrogen-bond donors (Lipinski definition) is 0. The molecule has 0 amide bonds. The normalized spacial score (nSPS) is 24.0. The van der Waals surface area contributed by atoms with Gasteiger partial charge in [-0.1, -0.05) is 56.4 Å². The fraction of sp³-hybridized carbons (Fsp3) is 0.765. The zero-order valence-corrected chi connectivity index (χ0v) is 11.5. The van der Waals surface area contributed by atoms with Crippen LogP contribution in [0.1, 0.15) is 83.5 Å². The van der Waals surface area contributed by atoms with E-state index in [1.807, 2.05) is 0 Å². The van der Waals surface area contributed by atoms with Crippen LogP contribution in [0.2, 0.25) is 0 Å². The first kappa shape index (κ1) is 14.5. The van der Waals surface area contributed by atoms with Crippen LogP contribution in [0.3, 0.4) is 0 Å². The molecule has 0 N–H and O–H groups in total. The molecule has 98 valence electrons. The molecule has 1 aliphatic rings. The van der Waals surface area contributed by atoms with E-state index in [2.05, 4.69) is 24.3 Å². The summed E-state index contributed by atoms with van der Waals surface area (Å²) in [7, 11) is 0. The highest BCUT2D eigenvalue weighted by Gasteiger charge is 1.91. The van der Waals surface area contributed by atoms with Crippen LogP contribution in [0.5, 0.6) is 0 Å². The summed E-state index contributed by atoms with van der Waals surface area (Å²) in [5.41, 5.74) is 0. The van der Waals surface area contributed by atoms with Gasteiger partial charge in [0.25, 0.3) is 0 Å². The van der Waals surface area contributed by atoms with Crippen molar-refractivity contribution in [2.24, 2.45) is 0 Å². The lowest BCUT2D eigenvalue weighted by molar-refractivity contribution is 0.621. The molecule has 0 aliphatic heterocycles. The second-order valence-electron chi connectivity index (χ2n) is 5.28. The fourth-order valence-corrected chi connectivity index (χ4v) is 2.40. The van der Waals surface area contributed by atoms with Crippen LogP contribution in [0.25, 0.3) is 0 Å². The van der Waals surface area contributed by atoms with Crippen molar-refractivity contribution < 1.29 is 0 Å². The van der Waals surface area contributed by atoms with Gasteiger partial charge in [0.2, 0.25) is 0 Å². The van der Waals surface area contributed by atoms with Crippen LogP contribution in [-0.4, -0.2) is 0 Å². The summed E-state index contributed by atoms with van der Waals surface area (Å²) in [4.78, 5) is 0. The number of allylic oxidation sites excluding steroid dienone is 4.